The lowest BCUT2D eigenvalue weighted by Gasteiger charge is -2.07. The lowest BCUT2D eigenvalue weighted by Crippen LogP contribution is -2.29. The van der Waals surface area contributed by atoms with Crippen molar-refractivity contribution in [2.24, 2.45) is 0 Å². The number of anilines is 1. The van der Waals surface area contributed by atoms with Crippen LogP contribution in [0.4, 0.5) is 5.69 Å². The topological polar surface area (TPSA) is 78.4 Å². The zero-order chi connectivity index (χ0) is 13.5. The Morgan fingerprint density at radius 1 is 1.39 bits per heavy atom. The van der Waals surface area contributed by atoms with Gasteiger partial charge in [0.05, 0.1) is 13.0 Å². The van der Waals surface area contributed by atoms with Gasteiger partial charge in [-0.15, -0.1) is 0 Å². The number of nitrogens with one attached hydrogen (secondary N) is 2. The Balaban J connectivity index is 2.35. The van der Waals surface area contributed by atoms with Crippen LogP contribution >= 0.6 is 15.9 Å². The van der Waals surface area contributed by atoms with Crippen LogP contribution < -0.4 is 10.6 Å². The molecule has 0 unspecified atom stereocenters. The van der Waals surface area contributed by atoms with Crippen LogP contribution in [0.25, 0.3) is 0 Å². The summed E-state index contributed by atoms with van der Waals surface area (Å²) < 4.78 is 0.986. The molecule has 0 fully saturated rings. The molecule has 1 rings (SSSR count). The van der Waals surface area contributed by atoms with E-state index in [0.29, 0.717) is 0 Å². The predicted octanol–water partition coefficient (Wildman–Crippen LogP) is 1.76. The fourth-order valence-corrected chi connectivity index (χ4v) is 1.57. The highest BCUT2D eigenvalue weighted by molar-refractivity contribution is 9.10. The summed E-state index contributed by atoms with van der Waals surface area (Å²) >= 11 is 3.38. The van der Waals surface area contributed by atoms with Crippen molar-refractivity contribution in [1.29, 1.82) is 0 Å². The summed E-state index contributed by atoms with van der Waals surface area (Å²) in [5, 5.41) is 13.9. The number of aryl methyl sites for hydroxylation is 1. The third kappa shape index (κ3) is 5.29. The number of rotatable bonds is 6. The number of carboxylic acids is 1. The highest BCUT2D eigenvalue weighted by atomic mass is 79.9. The molecular weight excluding hydrogens is 300 g/mol. The third-order valence-corrected chi connectivity index (χ3v) is 3.13. The van der Waals surface area contributed by atoms with E-state index in [1.54, 1.807) is 6.07 Å². The van der Waals surface area contributed by atoms with E-state index in [1.165, 1.54) is 0 Å². The average Bonchev–Trinajstić information content (AvgIpc) is 2.29. The maximum absolute atomic E-state index is 11.5. The Kier molecular flexibility index (Phi) is 5.80. The van der Waals surface area contributed by atoms with Crippen LogP contribution in [-0.4, -0.2) is 30.1 Å². The molecule has 1 amide bonds. The second-order valence-corrected chi connectivity index (χ2v) is 4.69. The Morgan fingerprint density at radius 2 is 2.11 bits per heavy atom. The van der Waals surface area contributed by atoms with Crippen LogP contribution in [0.3, 0.4) is 0 Å². The smallest absolute Gasteiger partial charge is 0.304 e. The molecule has 0 spiro atoms. The van der Waals surface area contributed by atoms with E-state index < -0.39 is 5.97 Å². The van der Waals surface area contributed by atoms with Gasteiger partial charge in [-0.25, -0.2) is 0 Å². The number of halogens is 1. The first-order valence-corrected chi connectivity index (χ1v) is 6.27. The molecule has 0 aliphatic rings. The second-order valence-electron chi connectivity index (χ2n) is 3.83. The SMILES string of the molecule is Cc1cc(NC(=O)CNCCC(=O)O)ccc1Br. The van der Waals surface area contributed by atoms with E-state index in [0.717, 1.165) is 15.7 Å². The van der Waals surface area contributed by atoms with Gasteiger partial charge < -0.3 is 15.7 Å². The molecule has 6 heteroatoms. The molecule has 3 N–H and O–H groups in total. The molecule has 5 nitrogen and oxygen atoms in total. The molecule has 0 heterocycles. The summed E-state index contributed by atoms with van der Waals surface area (Å²) in [5.41, 5.74) is 1.76. The summed E-state index contributed by atoms with van der Waals surface area (Å²) in [6.45, 7) is 2.31. The molecule has 0 aromatic heterocycles. The van der Waals surface area contributed by atoms with Crippen molar-refractivity contribution < 1.29 is 14.7 Å². The van der Waals surface area contributed by atoms with Crippen molar-refractivity contribution in [2.45, 2.75) is 13.3 Å². The van der Waals surface area contributed by atoms with E-state index in [4.69, 9.17) is 5.11 Å². The Morgan fingerprint density at radius 3 is 2.72 bits per heavy atom. The zero-order valence-corrected chi connectivity index (χ0v) is 11.6. The van der Waals surface area contributed by atoms with E-state index in [1.807, 2.05) is 19.1 Å². The molecule has 0 saturated carbocycles. The van der Waals surface area contributed by atoms with E-state index >= 15 is 0 Å². The molecule has 0 atom stereocenters. The number of benzene rings is 1. The maximum atomic E-state index is 11.5. The molecule has 0 saturated heterocycles. The third-order valence-electron chi connectivity index (χ3n) is 2.24. The van der Waals surface area contributed by atoms with Gasteiger partial charge in [0, 0.05) is 16.7 Å². The number of carbonyl (C=O) groups is 2. The molecule has 0 aliphatic heterocycles. The lowest BCUT2D eigenvalue weighted by molar-refractivity contribution is -0.137. The first-order chi connectivity index (χ1) is 8.49. The van der Waals surface area contributed by atoms with Gasteiger partial charge in [-0.2, -0.15) is 0 Å². The minimum absolute atomic E-state index is 0.00463. The molecule has 0 bridgehead atoms. The number of carbonyl (C=O) groups excluding carboxylic acids is 1. The zero-order valence-electron chi connectivity index (χ0n) is 10.00. The van der Waals surface area contributed by atoms with E-state index in [9.17, 15) is 9.59 Å². The van der Waals surface area contributed by atoms with Gasteiger partial charge in [-0.1, -0.05) is 15.9 Å². The van der Waals surface area contributed by atoms with Gasteiger partial charge in [0.25, 0.3) is 0 Å². The monoisotopic (exact) mass is 314 g/mol. The molecule has 1 aromatic rings. The van der Waals surface area contributed by atoms with E-state index in [2.05, 4.69) is 26.6 Å². The molecule has 0 radical (unpaired) electrons. The number of carboxylic acid groups (broad SMARTS) is 1. The molecular formula is C12H15BrN2O3. The summed E-state index contributed by atoms with van der Waals surface area (Å²) in [6, 6.07) is 5.52. The first-order valence-electron chi connectivity index (χ1n) is 5.47. The Labute approximate surface area is 114 Å². The summed E-state index contributed by atoms with van der Waals surface area (Å²) in [6.07, 6.45) is 0.00463. The van der Waals surface area contributed by atoms with Crippen LogP contribution in [-0.2, 0) is 9.59 Å². The summed E-state index contributed by atoms with van der Waals surface area (Å²) in [5.74, 6) is -1.08. The largest absolute Gasteiger partial charge is 0.481 e. The van der Waals surface area contributed by atoms with Gasteiger partial charge in [0.15, 0.2) is 0 Å². The van der Waals surface area contributed by atoms with Gasteiger partial charge >= 0.3 is 5.97 Å². The highest BCUT2D eigenvalue weighted by Gasteiger charge is 2.04. The summed E-state index contributed by atoms with van der Waals surface area (Å²) in [4.78, 5) is 21.8. The van der Waals surface area contributed by atoms with Crippen LogP contribution in [0, 0.1) is 6.92 Å². The lowest BCUT2D eigenvalue weighted by atomic mass is 10.2. The number of hydrogen-bond acceptors (Lipinski definition) is 3. The number of amides is 1. The Hall–Kier alpha value is -1.40. The van der Waals surface area contributed by atoms with Gasteiger partial charge in [-0.3, -0.25) is 9.59 Å². The van der Waals surface area contributed by atoms with Crippen molar-refractivity contribution in [3.05, 3.63) is 28.2 Å². The van der Waals surface area contributed by atoms with Gasteiger partial charge in [0.1, 0.15) is 0 Å². The fourth-order valence-electron chi connectivity index (χ4n) is 1.32. The van der Waals surface area contributed by atoms with E-state index in [-0.39, 0.29) is 25.4 Å². The van der Waals surface area contributed by atoms with Crippen molar-refractivity contribution in [1.82, 2.24) is 5.32 Å². The van der Waals surface area contributed by atoms with Crippen molar-refractivity contribution in [2.75, 3.05) is 18.4 Å². The van der Waals surface area contributed by atoms with Crippen molar-refractivity contribution in [3.63, 3.8) is 0 Å². The van der Waals surface area contributed by atoms with Crippen LogP contribution in [0.15, 0.2) is 22.7 Å². The molecule has 0 aliphatic carbocycles. The normalized spacial score (nSPS) is 10.1. The van der Waals surface area contributed by atoms with Crippen molar-refractivity contribution >= 4 is 33.5 Å². The second kappa shape index (κ2) is 7.13. The van der Waals surface area contributed by atoms with Crippen LogP contribution in [0.1, 0.15) is 12.0 Å². The standard InChI is InChI=1S/C12H15BrN2O3/c1-8-6-9(2-3-10(8)13)15-11(16)7-14-5-4-12(17)18/h2-3,6,14H,4-5,7H2,1H3,(H,15,16)(H,17,18). The minimum atomic E-state index is -0.883. The van der Waals surface area contributed by atoms with Crippen molar-refractivity contribution in [3.8, 4) is 0 Å². The number of aliphatic carboxylic acids is 1. The Bertz CT molecular complexity index is 449. The number of hydrogen-bond donors (Lipinski definition) is 3. The molecule has 1 aromatic carbocycles. The highest BCUT2D eigenvalue weighted by Crippen LogP contribution is 2.19. The molecule has 98 valence electrons. The quantitative estimate of drug-likeness (QED) is 0.699. The minimum Gasteiger partial charge on any atom is -0.481 e. The van der Waals surface area contributed by atoms with Gasteiger partial charge in [-0.05, 0) is 30.7 Å². The predicted molar refractivity (Wildman–Crippen MR) is 72.6 cm³/mol. The van der Waals surface area contributed by atoms with Crippen LogP contribution in [0.5, 0.6) is 0 Å². The maximum Gasteiger partial charge on any atom is 0.304 e. The fraction of sp³-hybridized carbons (Fsp3) is 0.333. The van der Waals surface area contributed by atoms with Gasteiger partial charge in [0.2, 0.25) is 5.91 Å². The average molecular weight is 315 g/mol. The molecule has 18 heavy (non-hydrogen) atoms. The van der Waals surface area contributed by atoms with Crippen LogP contribution in [0.2, 0.25) is 0 Å². The first kappa shape index (κ1) is 14.7. The summed E-state index contributed by atoms with van der Waals surface area (Å²) in [7, 11) is 0.